The van der Waals surface area contributed by atoms with Crippen LogP contribution in [0.2, 0.25) is 0 Å². The molecule has 0 radical (unpaired) electrons. The molecule has 2 N–H and O–H groups in total. The van der Waals surface area contributed by atoms with Gasteiger partial charge in [0.1, 0.15) is 0 Å². The first-order valence-electron chi connectivity index (χ1n) is 8.65. The van der Waals surface area contributed by atoms with Crippen molar-refractivity contribution in [3.8, 4) is 12.3 Å². The lowest BCUT2D eigenvalue weighted by Gasteiger charge is -2.18. The van der Waals surface area contributed by atoms with Crippen LogP contribution in [-0.4, -0.2) is 10.9 Å². The quantitative estimate of drug-likeness (QED) is 0.667. The van der Waals surface area contributed by atoms with Crippen LogP contribution in [-0.2, 0) is 12.8 Å². The summed E-state index contributed by atoms with van der Waals surface area (Å²) in [6.07, 6.45) is 8.80. The zero-order valence-electron chi connectivity index (χ0n) is 14.2. The highest BCUT2D eigenvalue weighted by Crippen LogP contribution is 2.32. The van der Waals surface area contributed by atoms with Crippen molar-refractivity contribution < 1.29 is 4.79 Å². The molecule has 1 aliphatic carbocycles. The van der Waals surface area contributed by atoms with Gasteiger partial charge in [-0.2, -0.15) is 0 Å². The average molecular weight is 328 g/mol. The van der Waals surface area contributed by atoms with Gasteiger partial charge in [0.2, 0.25) is 0 Å². The normalized spacial score (nSPS) is 16.2. The van der Waals surface area contributed by atoms with Crippen molar-refractivity contribution in [2.75, 3.05) is 5.32 Å². The van der Waals surface area contributed by atoms with Crippen molar-refractivity contribution in [3.63, 3.8) is 0 Å². The zero-order valence-corrected chi connectivity index (χ0v) is 14.2. The minimum atomic E-state index is -0.116. The zero-order chi connectivity index (χ0) is 17.4. The number of terminal acetylenes is 1. The molecule has 0 fully saturated rings. The number of nitrogens with one attached hydrogen (secondary N) is 2. The van der Waals surface area contributed by atoms with Crippen LogP contribution in [0.3, 0.4) is 0 Å². The van der Waals surface area contributed by atoms with E-state index >= 15 is 0 Å². The average Bonchev–Trinajstić information content (AvgIpc) is 2.99. The Labute approximate surface area is 147 Å². The molecule has 1 aromatic heterocycles. The van der Waals surface area contributed by atoms with Crippen molar-refractivity contribution in [1.29, 1.82) is 0 Å². The van der Waals surface area contributed by atoms with Gasteiger partial charge in [0.15, 0.2) is 0 Å². The number of anilines is 1. The molecule has 4 rings (SSSR count). The second kappa shape index (κ2) is 6.14. The van der Waals surface area contributed by atoms with Crippen molar-refractivity contribution in [1.82, 2.24) is 4.98 Å². The van der Waals surface area contributed by atoms with Crippen LogP contribution < -0.4 is 5.32 Å². The number of aromatic nitrogens is 1. The fourth-order valence-corrected chi connectivity index (χ4v) is 3.62. The van der Waals surface area contributed by atoms with Gasteiger partial charge in [0.05, 0.1) is 0 Å². The van der Waals surface area contributed by atoms with Crippen molar-refractivity contribution in [2.24, 2.45) is 5.92 Å². The van der Waals surface area contributed by atoms with E-state index in [9.17, 15) is 4.79 Å². The molecule has 0 bridgehead atoms. The molecule has 2 aromatic carbocycles. The molecule has 0 aliphatic heterocycles. The third-order valence-electron chi connectivity index (χ3n) is 4.98. The molecular weight excluding hydrogens is 308 g/mol. The van der Waals surface area contributed by atoms with E-state index in [2.05, 4.69) is 23.1 Å². The van der Waals surface area contributed by atoms with Crippen molar-refractivity contribution >= 4 is 22.5 Å². The van der Waals surface area contributed by atoms with Crippen LogP contribution >= 0.6 is 0 Å². The molecule has 3 aromatic rings. The molecule has 1 aliphatic rings. The van der Waals surface area contributed by atoms with E-state index in [1.54, 1.807) is 6.07 Å². The largest absolute Gasteiger partial charge is 0.358 e. The molecule has 25 heavy (non-hydrogen) atoms. The van der Waals surface area contributed by atoms with E-state index in [0.717, 1.165) is 23.9 Å². The molecule has 1 unspecified atom stereocenters. The second-order valence-electron chi connectivity index (χ2n) is 6.87. The first-order valence-corrected chi connectivity index (χ1v) is 8.65. The number of benzene rings is 2. The molecule has 0 saturated carbocycles. The Kier molecular flexibility index (Phi) is 3.82. The van der Waals surface area contributed by atoms with Crippen LogP contribution in [0.1, 0.15) is 40.5 Å². The summed E-state index contributed by atoms with van der Waals surface area (Å²) in [5, 5.41) is 4.11. The molecule has 124 valence electrons. The summed E-state index contributed by atoms with van der Waals surface area (Å²) in [5.74, 6) is 3.16. The topological polar surface area (TPSA) is 44.9 Å². The van der Waals surface area contributed by atoms with Gasteiger partial charge in [-0.15, -0.1) is 6.42 Å². The van der Waals surface area contributed by atoms with Gasteiger partial charge in [0, 0.05) is 33.4 Å². The highest BCUT2D eigenvalue weighted by Gasteiger charge is 2.20. The van der Waals surface area contributed by atoms with Crippen LogP contribution in [0.5, 0.6) is 0 Å². The Morgan fingerprint density at radius 1 is 1.28 bits per heavy atom. The molecular formula is C22H20N2O. The Morgan fingerprint density at radius 2 is 2.16 bits per heavy atom. The lowest BCUT2D eigenvalue weighted by Crippen LogP contribution is -2.12. The summed E-state index contributed by atoms with van der Waals surface area (Å²) in [6.45, 7) is 2.29. The second-order valence-corrected chi connectivity index (χ2v) is 6.87. The van der Waals surface area contributed by atoms with E-state index in [0.29, 0.717) is 17.2 Å². The predicted octanol–water partition coefficient (Wildman–Crippen LogP) is 4.53. The number of carbonyl (C=O) groups excluding carboxylic acids is 1. The summed E-state index contributed by atoms with van der Waals surface area (Å²) in [5.41, 5.74) is 5.95. The maximum Gasteiger partial charge on any atom is 0.255 e. The van der Waals surface area contributed by atoms with Crippen LogP contribution in [0.4, 0.5) is 5.69 Å². The van der Waals surface area contributed by atoms with Gasteiger partial charge in [-0.05, 0) is 67.1 Å². The number of fused-ring (bicyclic) bond motifs is 3. The monoisotopic (exact) mass is 328 g/mol. The molecule has 1 amide bonds. The van der Waals surface area contributed by atoms with Gasteiger partial charge >= 0.3 is 0 Å². The minimum absolute atomic E-state index is 0.116. The van der Waals surface area contributed by atoms with Gasteiger partial charge in [-0.25, -0.2) is 0 Å². The number of H-pyrrole nitrogens is 1. The van der Waals surface area contributed by atoms with Crippen LogP contribution in [0.15, 0.2) is 42.5 Å². The first-order chi connectivity index (χ1) is 12.1. The lowest BCUT2D eigenvalue weighted by molar-refractivity contribution is 0.102. The number of aryl methyl sites for hydroxylation is 1. The van der Waals surface area contributed by atoms with E-state index in [1.807, 2.05) is 36.4 Å². The van der Waals surface area contributed by atoms with Gasteiger partial charge < -0.3 is 10.3 Å². The van der Waals surface area contributed by atoms with E-state index in [1.165, 1.54) is 23.1 Å². The molecule has 1 atom stereocenters. The molecule has 0 spiro atoms. The van der Waals surface area contributed by atoms with Gasteiger partial charge in [-0.1, -0.05) is 18.9 Å². The smallest absolute Gasteiger partial charge is 0.255 e. The molecule has 3 nitrogen and oxygen atoms in total. The number of aromatic amines is 1. The number of hydrogen-bond acceptors (Lipinski definition) is 1. The Balaban J connectivity index is 1.66. The third-order valence-corrected chi connectivity index (χ3v) is 4.98. The fourth-order valence-electron chi connectivity index (χ4n) is 3.62. The van der Waals surface area contributed by atoms with E-state index in [4.69, 9.17) is 6.42 Å². The highest BCUT2D eigenvalue weighted by atomic mass is 16.1. The van der Waals surface area contributed by atoms with Crippen LogP contribution in [0, 0.1) is 18.3 Å². The van der Waals surface area contributed by atoms with Gasteiger partial charge in [0.25, 0.3) is 5.91 Å². The number of hydrogen-bond donors (Lipinski definition) is 2. The van der Waals surface area contributed by atoms with Gasteiger partial charge in [-0.3, -0.25) is 4.79 Å². The molecule has 1 heterocycles. The number of rotatable bonds is 2. The van der Waals surface area contributed by atoms with Crippen molar-refractivity contribution in [2.45, 2.75) is 26.2 Å². The first kappa shape index (κ1) is 15.5. The Hall–Kier alpha value is -2.99. The predicted molar refractivity (Wildman–Crippen MR) is 102 cm³/mol. The highest BCUT2D eigenvalue weighted by molar-refractivity contribution is 6.06. The maximum atomic E-state index is 12.6. The lowest BCUT2D eigenvalue weighted by atomic mass is 9.87. The number of amides is 1. The van der Waals surface area contributed by atoms with Crippen molar-refractivity contribution in [3.05, 3.63) is 64.8 Å². The fraction of sp³-hybridized carbons (Fsp3) is 0.227. The standard InChI is InChI=1S/C22H20N2O/c1-3-15-5-4-6-17(12-15)23-22(25)16-8-10-21-19(13-16)18-11-14(2)7-9-20(18)24-21/h1,4-6,8,10,12-14,24H,7,9,11H2,2H3,(H,23,25). The molecule has 3 heteroatoms. The summed E-state index contributed by atoms with van der Waals surface area (Å²) < 4.78 is 0. The maximum absolute atomic E-state index is 12.6. The summed E-state index contributed by atoms with van der Waals surface area (Å²) in [6, 6.07) is 13.2. The Bertz CT molecular complexity index is 1010. The SMILES string of the molecule is C#Cc1cccc(NC(=O)c2ccc3[nH]c4c(c3c2)CC(C)CC4)c1. The summed E-state index contributed by atoms with van der Waals surface area (Å²) in [4.78, 5) is 16.2. The summed E-state index contributed by atoms with van der Waals surface area (Å²) >= 11 is 0. The van der Waals surface area contributed by atoms with E-state index in [-0.39, 0.29) is 5.91 Å². The minimum Gasteiger partial charge on any atom is -0.358 e. The molecule has 0 saturated heterocycles. The summed E-state index contributed by atoms with van der Waals surface area (Å²) in [7, 11) is 0. The van der Waals surface area contributed by atoms with E-state index < -0.39 is 0 Å². The van der Waals surface area contributed by atoms with Crippen LogP contribution in [0.25, 0.3) is 10.9 Å². The third kappa shape index (κ3) is 2.92. The Morgan fingerprint density at radius 3 is 3.00 bits per heavy atom. The number of carbonyl (C=O) groups is 1.